The molecule has 152 valence electrons. The van der Waals surface area contributed by atoms with Gasteiger partial charge in [0.25, 0.3) is 0 Å². The molecule has 1 aliphatic rings. The zero-order chi connectivity index (χ0) is 19.9. The number of rotatable bonds is 8. The molecular formula is C21H26ClN7. The normalized spacial score (nSPS) is 15.0. The van der Waals surface area contributed by atoms with Crippen molar-refractivity contribution in [2.75, 3.05) is 37.6 Å². The van der Waals surface area contributed by atoms with Crippen LogP contribution in [0.25, 0.3) is 11.4 Å². The number of tetrazole rings is 1. The van der Waals surface area contributed by atoms with Gasteiger partial charge in [0.15, 0.2) is 0 Å². The molecule has 0 N–H and O–H groups in total. The minimum Gasteiger partial charge on any atom is -0.354 e. The van der Waals surface area contributed by atoms with Gasteiger partial charge in [0.1, 0.15) is 5.82 Å². The fourth-order valence-electron chi connectivity index (χ4n) is 3.56. The third-order valence-corrected chi connectivity index (χ3v) is 5.45. The van der Waals surface area contributed by atoms with Gasteiger partial charge in [-0.05, 0) is 36.7 Å². The number of hydrogen-bond acceptors (Lipinski definition) is 6. The second kappa shape index (κ2) is 9.80. The summed E-state index contributed by atoms with van der Waals surface area (Å²) in [5.74, 6) is 1.71. The zero-order valence-corrected chi connectivity index (χ0v) is 17.2. The van der Waals surface area contributed by atoms with E-state index in [9.17, 15) is 0 Å². The van der Waals surface area contributed by atoms with Gasteiger partial charge in [-0.2, -0.15) is 4.80 Å². The van der Waals surface area contributed by atoms with Crippen LogP contribution >= 0.6 is 11.6 Å². The van der Waals surface area contributed by atoms with E-state index in [1.54, 1.807) is 11.0 Å². The molecule has 0 unspecified atom stereocenters. The fourth-order valence-corrected chi connectivity index (χ4v) is 3.67. The Hall–Kier alpha value is -2.51. The van der Waals surface area contributed by atoms with E-state index in [-0.39, 0.29) is 0 Å². The first kappa shape index (κ1) is 19.8. The van der Waals surface area contributed by atoms with Gasteiger partial charge in [0.05, 0.1) is 11.6 Å². The molecule has 0 amide bonds. The molecule has 0 atom stereocenters. The monoisotopic (exact) mass is 411 g/mol. The summed E-state index contributed by atoms with van der Waals surface area (Å²) in [5, 5.41) is 13.5. The van der Waals surface area contributed by atoms with Crippen molar-refractivity contribution in [2.45, 2.75) is 25.8 Å². The fraction of sp³-hybridized carbons (Fsp3) is 0.429. The summed E-state index contributed by atoms with van der Waals surface area (Å²) in [4.78, 5) is 11.0. The number of pyridine rings is 1. The van der Waals surface area contributed by atoms with Gasteiger partial charge in [-0.15, -0.1) is 10.2 Å². The van der Waals surface area contributed by atoms with Crippen molar-refractivity contribution in [2.24, 2.45) is 0 Å². The number of piperazine rings is 1. The van der Waals surface area contributed by atoms with E-state index in [1.807, 2.05) is 42.5 Å². The van der Waals surface area contributed by atoms with Crippen molar-refractivity contribution in [1.82, 2.24) is 30.1 Å². The average Bonchev–Trinajstić information content (AvgIpc) is 3.24. The molecule has 1 saturated heterocycles. The Morgan fingerprint density at radius 2 is 1.66 bits per heavy atom. The molecule has 7 nitrogen and oxygen atoms in total. The highest BCUT2D eigenvalue weighted by molar-refractivity contribution is 6.30. The second-order valence-corrected chi connectivity index (χ2v) is 7.74. The number of nitrogens with zero attached hydrogens (tertiary/aromatic N) is 7. The molecular weight excluding hydrogens is 386 g/mol. The molecule has 3 heterocycles. The highest BCUT2D eigenvalue weighted by Gasteiger charge is 2.17. The van der Waals surface area contributed by atoms with Crippen LogP contribution in [0.3, 0.4) is 0 Å². The molecule has 29 heavy (non-hydrogen) atoms. The third-order valence-electron chi connectivity index (χ3n) is 5.23. The van der Waals surface area contributed by atoms with E-state index in [0.29, 0.717) is 10.8 Å². The van der Waals surface area contributed by atoms with Gasteiger partial charge in [-0.25, -0.2) is 4.98 Å². The molecule has 2 aromatic heterocycles. The Morgan fingerprint density at radius 1 is 0.862 bits per heavy atom. The Bertz CT molecular complexity index is 874. The van der Waals surface area contributed by atoms with Crippen LogP contribution in [-0.2, 0) is 6.54 Å². The van der Waals surface area contributed by atoms with Crippen molar-refractivity contribution in [1.29, 1.82) is 0 Å². The van der Waals surface area contributed by atoms with Gasteiger partial charge < -0.3 is 4.90 Å². The van der Waals surface area contributed by atoms with Crippen molar-refractivity contribution in [3.05, 3.63) is 53.7 Å². The SMILES string of the molecule is Clc1ccc(N2CCN(CCCCCn3nnc(-c4ccccc4)n3)CC2)nc1. The van der Waals surface area contributed by atoms with Crippen molar-refractivity contribution in [3.8, 4) is 11.4 Å². The van der Waals surface area contributed by atoms with Gasteiger partial charge in [0.2, 0.25) is 5.82 Å². The maximum absolute atomic E-state index is 5.92. The molecule has 0 radical (unpaired) electrons. The van der Waals surface area contributed by atoms with Crippen molar-refractivity contribution < 1.29 is 0 Å². The lowest BCUT2D eigenvalue weighted by Gasteiger charge is -2.35. The van der Waals surface area contributed by atoms with E-state index in [4.69, 9.17) is 11.6 Å². The van der Waals surface area contributed by atoms with Crippen molar-refractivity contribution >= 4 is 17.4 Å². The molecule has 0 aliphatic carbocycles. The summed E-state index contributed by atoms with van der Waals surface area (Å²) in [7, 11) is 0. The van der Waals surface area contributed by atoms with E-state index in [1.165, 1.54) is 12.8 Å². The zero-order valence-electron chi connectivity index (χ0n) is 16.5. The minimum atomic E-state index is 0.685. The Morgan fingerprint density at radius 3 is 2.41 bits per heavy atom. The lowest BCUT2D eigenvalue weighted by Crippen LogP contribution is -2.46. The van der Waals surface area contributed by atoms with Crippen LogP contribution < -0.4 is 4.90 Å². The van der Waals surface area contributed by atoms with E-state index >= 15 is 0 Å². The van der Waals surface area contributed by atoms with Crippen LogP contribution in [-0.4, -0.2) is 62.8 Å². The topological polar surface area (TPSA) is 63.0 Å². The highest BCUT2D eigenvalue weighted by Crippen LogP contribution is 2.16. The first-order valence-electron chi connectivity index (χ1n) is 10.2. The number of benzene rings is 1. The average molecular weight is 412 g/mol. The first-order valence-corrected chi connectivity index (χ1v) is 10.6. The Labute approximate surface area is 176 Å². The molecule has 1 fully saturated rings. The first-order chi connectivity index (χ1) is 14.3. The molecule has 0 bridgehead atoms. The number of aryl methyl sites for hydroxylation is 1. The van der Waals surface area contributed by atoms with E-state index < -0.39 is 0 Å². The predicted octanol–water partition coefficient (Wildman–Crippen LogP) is 3.38. The number of aromatic nitrogens is 5. The van der Waals surface area contributed by atoms with Crippen LogP contribution in [0.5, 0.6) is 0 Å². The molecule has 4 rings (SSSR count). The minimum absolute atomic E-state index is 0.685. The van der Waals surface area contributed by atoms with Crippen LogP contribution in [0.15, 0.2) is 48.7 Å². The molecule has 8 heteroatoms. The van der Waals surface area contributed by atoms with Crippen molar-refractivity contribution in [3.63, 3.8) is 0 Å². The smallest absolute Gasteiger partial charge is 0.204 e. The maximum atomic E-state index is 5.92. The van der Waals surface area contributed by atoms with Crippen LogP contribution in [0.4, 0.5) is 5.82 Å². The summed E-state index contributed by atoms with van der Waals surface area (Å²) in [6, 6.07) is 13.9. The summed E-state index contributed by atoms with van der Waals surface area (Å²) < 4.78 is 0. The van der Waals surface area contributed by atoms with Crippen LogP contribution in [0, 0.1) is 0 Å². The summed E-state index contributed by atoms with van der Waals surface area (Å²) in [6.07, 6.45) is 5.15. The summed E-state index contributed by atoms with van der Waals surface area (Å²) >= 11 is 5.92. The number of unbranched alkanes of at least 4 members (excludes halogenated alkanes) is 2. The molecule has 3 aromatic rings. The van der Waals surface area contributed by atoms with Gasteiger partial charge in [-0.1, -0.05) is 48.4 Å². The predicted molar refractivity (Wildman–Crippen MR) is 115 cm³/mol. The summed E-state index contributed by atoms with van der Waals surface area (Å²) in [6.45, 7) is 6.14. The standard InChI is InChI=1S/C21H26ClN7/c22-19-9-10-20(23-17-19)28-15-13-27(14-16-28)11-5-2-6-12-29-25-21(24-26-29)18-7-3-1-4-8-18/h1,3-4,7-10,17H,2,5-6,11-16H2. The van der Waals surface area contributed by atoms with Crippen LogP contribution in [0.1, 0.15) is 19.3 Å². The molecule has 1 aliphatic heterocycles. The quantitative estimate of drug-likeness (QED) is 0.529. The van der Waals surface area contributed by atoms with E-state index in [0.717, 1.165) is 57.1 Å². The molecule has 0 saturated carbocycles. The Balaban J connectivity index is 1.12. The van der Waals surface area contributed by atoms with Crippen LogP contribution in [0.2, 0.25) is 5.02 Å². The van der Waals surface area contributed by atoms with Gasteiger partial charge in [0, 0.05) is 37.9 Å². The van der Waals surface area contributed by atoms with E-state index in [2.05, 4.69) is 30.2 Å². The lowest BCUT2D eigenvalue weighted by molar-refractivity contribution is 0.250. The highest BCUT2D eigenvalue weighted by atomic mass is 35.5. The number of hydrogen-bond donors (Lipinski definition) is 0. The Kier molecular flexibility index (Phi) is 6.69. The molecule has 1 aromatic carbocycles. The number of halogens is 1. The third kappa shape index (κ3) is 5.52. The molecule has 0 spiro atoms. The summed E-state index contributed by atoms with van der Waals surface area (Å²) in [5.41, 5.74) is 1.01. The maximum Gasteiger partial charge on any atom is 0.204 e. The van der Waals surface area contributed by atoms with Gasteiger partial charge in [-0.3, -0.25) is 4.90 Å². The van der Waals surface area contributed by atoms with Gasteiger partial charge >= 0.3 is 0 Å². The second-order valence-electron chi connectivity index (χ2n) is 7.30. The number of anilines is 1. The largest absolute Gasteiger partial charge is 0.354 e. The lowest BCUT2D eigenvalue weighted by atomic mass is 10.2.